The Hall–Kier alpha value is -1.97. The number of hydrogen-bond acceptors (Lipinski definition) is 5. The third-order valence-corrected chi connectivity index (χ3v) is 7.53. The highest BCUT2D eigenvalue weighted by molar-refractivity contribution is 7.99. The van der Waals surface area contributed by atoms with Crippen molar-refractivity contribution in [3.05, 3.63) is 47.8 Å². The highest BCUT2D eigenvalue weighted by Crippen LogP contribution is 2.21. The lowest BCUT2D eigenvalue weighted by molar-refractivity contribution is 0.0780. The van der Waals surface area contributed by atoms with E-state index in [1.165, 1.54) is 16.6 Å². The number of sulfonamides is 1. The van der Waals surface area contributed by atoms with Gasteiger partial charge in [0, 0.05) is 64.2 Å². The molecule has 0 unspecified atom stereocenters. The average Bonchev–Trinajstić information content (AvgIpc) is 3.19. The number of H-pyrrole nitrogens is 1. The fraction of sp³-hybridized carbons (Fsp3) is 0.421. The summed E-state index contributed by atoms with van der Waals surface area (Å²) in [5, 5.41) is 0. The Morgan fingerprint density at radius 2 is 1.79 bits per heavy atom. The molecule has 0 saturated carbocycles. The van der Waals surface area contributed by atoms with Crippen LogP contribution in [-0.2, 0) is 16.6 Å². The summed E-state index contributed by atoms with van der Waals surface area (Å²) < 4.78 is 27.0. The molecule has 1 aliphatic heterocycles. The van der Waals surface area contributed by atoms with Gasteiger partial charge in [-0.25, -0.2) is 8.42 Å². The van der Waals surface area contributed by atoms with Gasteiger partial charge >= 0.3 is 0 Å². The van der Waals surface area contributed by atoms with E-state index in [1.54, 1.807) is 23.7 Å². The van der Waals surface area contributed by atoms with E-state index in [4.69, 9.17) is 0 Å². The maximum absolute atomic E-state index is 12.7. The molecule has 1 aromatic carbocycles. The van der Waals surface area contributed by atoms with Gasteiger partial charge in [-0.2, -0.15) is 16.1 Å². The molecule has 7 nitrogen and oxygen atoms in total. The predicted molar refractivity (Wildman–Crippen MR) is 113 cm³/mol. The van der Waals surface area contributed by atoms with Crippen molar-refractivity contribution in [1.29, 1.82) is 0 Å². The molecule has 0 spiro atoms. The van der Waals surface area contributed by atoms with Crippen LogP contribution in [0.25, 0.3) is 0 Å². The van der Waals surface area contributed by atoms with Gasteiger partial charge in [-0.3, -0.25) is 4.79 Å². The molecule has 2 heterocycles. The number of nitrogens with zero attached hydrogens (tertiary/aromatic N) is 3. The molecule has 152 valence electrons. The molecule has 9 heteroatoms. The molecule has 1 amide bonds. The molecule has 0 bridgehead atoms. The van der Waals surface area contributed by atoms with Gasteiger partial charge in [-0.1, -0.05) is 12.1 Å². The van der Waals surface area contributed by atoms with Gasteiger partial charge in [0.05, 0.1) is 0 Å². The summed E-state index contributed by atoms with van der Waals surface area (Å²) in [6.45, 7) is 1.45. The summed E-state index contributed by atoms with van der Waals surface area (Å²) >= 11 is 1.75. The number of carbonyl (C=O) groups excluding carboxylic acids is 1. The van der Waals surface area contributed by atoms with E-state index in [-0.39, 0.29) is 16.5 Å². The Bertz CT molecular complexity index is 917. The van der Waals surface area contributed by atoms with Gasteiger partial charge in [0.2, 0.25) is 10.0 Å². The fourth-order valence-electron chi connectivity index (χ4n) is 3.03. The minimum absolute atomic E-state index is 0.145. The average molecular weight is 423 g/mol. The first kappa shape index (κ1) is 20.8. The van der Waals surface area contributed by atoms with Crippen LogP contribution in [0.5, 0.6) is 0 Å². The molecule has 0 atom stereocenters. The second-order valence-electron chi connectivity index (χ2n) is 6.99. The first-order chi connectivity index (χ1) is 13.3. The third kappa shape index (κ3) is 4.53. The molecule has 1 aliphatic rings. The lowest BCUT2D eigenvalue weighted by Crippen LogP contribution is -2.37. The SMILES string of the molecule is CN(Cc1ccc(N(C)C)cc1)C(=O)c1cc(S(=O)(=O)N2CCSCC2)c[nH]1. The van der Waals surface area contributed by atoms with Crippen LogP contribution in [0.2, 0.25) is 0 Å². The molecule has 1 fully saturated rings. The second kappa shape index (κ2) is 8.59. The minimum atomic E-state index is -3.56. The second-order valence-corrected chi connectivity index (χ2v) is 10.2. The van der Waals surface area contributed by atoms with E-state index < -0.39 is 10.0 Å². The molecule has 28 heavy (non-hydrogen) atoms. The molecule has 0 radical (unpaired) electrons. The monoisotopic (exact) mass is 422 g/mol. The zero-order valence-electron chi connectivity index (χ0n) is 16.4. The van der Waals surface area contributed by atoms with Gasteiger partial charge in [0.1, 0.15) is 10.6 Å². The van der Waals surface area contributed by atoms with Crippen LogP contribution in [0, 0.1) is 0 Å². The van der Waals surface area contributed by atoms with E-state index in [2.05, 4.69) is 4.98 Å². The molecule has 0 aliphatic carbocycles. The highest BCUT2D eigenvalue weighted by atomic mass is 32.2. The number of aromatic nitrogens is 1. The van der Waals surface area contributed by atoms with E-state index in [1.807, 2.05) is 43.3 Å². The number of anilines is 1. The van der Waals surface area contributed by atoms with Crippen molar-refractivity contribution >= 4 is 33.4 Å². The molecule has 1 N–H and O–H groups in total. The van der Waals surface area contributed by atoms with Crippen LogP contribution in [0.3, 0.4) is 0 Å². The maximum Gasteiger partial charge on any atom is 0.270 e. The van der Waals surface area contributed by atoms with Crippen molar-refractivity contribution in [2.75, 3.05) is 50.6 Å². The van der Waals surface area contributed by atoms with Gasteiger partial charge < -0.3 is 14.8 Å². The maximum atomic E-state index is 12.7. The van der Waals surface area contributed by atoms with Crippen molar-refractivity contribution in [3.8, 4) is 0 Å². The number of nitrogens with one attached hydrogen (secondary N) is 1. The molecular weight excluding hydrogens is 396 g/mol. The van der Waals surface area contributed by atoms with E-state index >= 15 is 0 Å². The third-order valence-electron chi connectivity index (χ3n) is 4.71. The number of hydrogen-bond donors (Lipinski definition) is 1. The first-order valence-electron chi connectivity index (χ1n) is 9.07. The lowest BCUT2D eigenvalue weighted by atomic mass is 10.2. The number of amides is 1. The fourth-order valence-corrected chi connectivity index (χ4v) is 5.60. The lowest BCUT2D eigenvalue weighted by Gasteiger charge is -2.24. The molecule has 1 saturated heterocycles. The summed E-state index contributed by atoms with van der Waals surface area (Å²) in [7, 11) is 2.10. The van der Waals surface area contributed by atoms with Gasteiger partial charge in [0.25, 0.3) is 5.91 Å². The summed E-state index contributed by atoms with van der Waals surface area (Å²) in [5.41, 5.74) is 2.37. The highest BCUT2D eigenvalue weighted by Gasteiger charge is 2.28. The zero-order valence-corrected chi connectivity index (χ0v) is 18.0. The van der Waals surface area contributed by atoms with Crippen LogP contribution < -0.4 is 4.90 Å². The van der Waals surface area contributed by atoms with Crippen LogP contribution in [-0.4, -0.2) is 74.3 Å². The van der Waals surface area contributed by atoms with Gasteiger partial charge in [-0.05, 0) is 23.8 Å². The zero-order chi connectivity index (χ0) is 20.3. The van der Waals surface area contributed by atoms with Crippen molar-refractivity contribution in [2.24, 2.45) is 0 Å². The van der Waals surface area contributed by atoms with Crippen LogP contribution in [0.15, 0.2) is 41.4 Å². The Morgan fingerprint density at radius 1 is 1.14 bits per heavy atom. The largest absolute Gasteiger partial charge is 0.378 e. The summed E-state index contributed by atoms with van der Waals surface area (Å²) in [5.74, 6) is 1.35. The Morgan fingerprint density at radius 3 is 2.39 bits per heavy atom. The number of benzene rings is 1. The van der Waals surface area contributed by atoms with Crippen molar-refractivity contribution < 1.29 is 13.2 Å². The number of carbonyl (C=O) groups is 1. The minimum Gasteiger partial charge on any atom is -0.378 e. The molecule has 3 rings (SSSR count). The Labute approximate surface area is 170 Å². The Balaban J connectivity index is 1.69. The smallest absolute Gasteiger partial charge is 0.270 e. The molecule has 1 aromatic heterocycles. The number of rotatable bonds is 6. The summed E-state index contributed by atoms with van der Waals surface area (Å²) in [6.07, 6.45) is 1.41. The summed E-state index contributed by atoms with van der Waals surface area (Å²) in [4.78, 5) is 19.3. The van der Waals surface area contributed by atoms with Crippen LogP contribution in [0.1, 0.15) is 16.1 Å². The predicted octanol–water partition coefficient (Wildman–Crippen LogP) is 2.09. The number of aromatic amines is 1. The number of thioether (sulfide) groups is 1. The van der Waals surface area contributed by atoms with Crippen molar-refractivity contribution in [3.63, 3.8) is 0 Å². The topological polar surface area (TPSA) is 76.7 Å². The van der Waals surface area contributed by atoms with E-state index in [9.17, 15) is 13.2 Å². The van der Waals surface area contributed by atoms with Crippen molar-refractivity contribution in [2.45, 2.75) is 11.4 Å². The van der Waals surface area contributed by atoms with Gasteiger partial charge in [0.15, 0.2) is 0 Å². The normalized spacial score (nSPS) is 15.4. The van der Waals surface area contributed by atoms with E-state index in [0.717, 1.165) is 22.8 Å². The van der Waals surface area contributed by atoms with E-state index in [0.29, 0.717) is 19.6 Å². The van der Waals surface area contributed by atoms with Crippen LogP contribution in [0.4, 0.5) is 5.69 Å². The summed E-state index contributed by atoms with van der Waals surface area (Å²) in [6, 6.07) is 9.41. The molecular formula is C19H26N4O3S2. The standard InChI is InChI=1S/C19H26N4O3S2/c1-21(2)16-6-4-15(5-7-16)14-22(3)19(24)18-12-17(13-20-18)28(25,26)23-8-10-27-11-9-23/h4-7,12-13,20H,8-11,14H2,1-3H3. The van der Waals surface area contributed by atoms with Gasteiger partial charge in [-0.15, -0.1) is 0 Å². The molecule has 2 aromatic rings. The van der Waals surface area contributed by atoms with Crippen molar-refractivity contribution in [1.82, 2.24) is 14.2 Å². The van der Waals surface area contributed by atoms with Crippen LogP contribution >= 0.6 is 11.8 Å². The first-order valence-corrected chi connectivity index (χ1v) is 11.7. The Kier molecular flexibility index (Phi) is 6.36. The quantitative estimate of drug-likeness (QED) is 0.771.